The topological polar surface area (TPSA) is 65.3 Å². The fourth-order valence-corrected chi connectivity index (χ4v) is 1.84. The molecule has 6 heteroatoms. The van der Waals surface area contributed by atoms with Gasteiger partial charge in [0.05, 0.1) is 11.0 Å². The van der Waals surface area contributed by atoms with Gasteiger partial charge in [0.1, 0.15) is 10.9 Å². The second kappa shape index (κ2) is 5.24. The molecule has 0 aliphatic rings. The Kier molecular flexibility index (Phi) is 3.66. The van der Waals surface area contributed by atoms with Crippen molar-refractivity contribution >= 4 is 17.3 Å². The Hall–Kier alpha value is -2.14. The Morgan fingerprint density at radius 2 is 2.00 bits per heavy atom. The van der Waals surface area contributed by atoms with E-state index in [0.29, 0.717) is 22.3 Å². The van der Waals surface area contributed by atoms with Crippen LogP contribution in [0, 0.1) is 24.0 Å². The van der Waals surface area contributed by atoms with Crippen LogP contribution in [-0.4, -0.2) is 9.91 Å². The molecule has 0 unspecified atom stereocenters. The van der Waals surface area contributed by atoms with Gasteiger partial charge in [-0.1, -0.05) is 17.7 Å². The maximum atomic E-state index is 10.9. The van der Waals surface area contributed by atoms with E-state index >= 15 is 0 Å². The molecule has 0 N–H and O–H groups in total. The van der Waals surface area contributed by atoms with Gasteiger partial charge in [-0.05, 0) is 31.5 Å². The van der Waals surface area contributed by atoms with Crippen LogP contribution < -0.4 is 4.74 Å². The fourth-order valence-electron chi connectivity index (χ4n) is 1.69. The smallest absolute Gasteiger partial charge is 0.276 e. The van der Waals surface area contributed by atoms with Crippen LogP contribution in [0.1, 0.15) is 11.1 Å². The van der Waals surface area contributed by atoms with Gasteiger partial charge in [-0.25, -0.2) is 4.98 Å². The SMILES string of the molecule is Cc1cc(C)c([N+](=O)[O-])cc1Oc1cccc(Cl)n1. The average Bonchev–Trinajstić information content (AvgIpc) is 2.32. The first-order valence-corrected chi connectivity index (χ1v) is 5.91. The molecule has 0 atom stereocenters. The number of rotatable bonds is 3. The minimum absolute atomic E-state index is 0.0163. The normalized spacial score (nSPS) is 10.3. The van der Waals surface area contributed by atoms with Crippen molar-refractivity contribution in [2.75, 3.05) is 0 Å². The molecule has 19 heavy (non-hydrogen) atoms. The molecule has 2 aromatic rings. The van der Waals surface area contributed by atoms with Gasteiger partial charge in [0.2, 0.25) is 5.88 Å². The average molecular weight is 279 g/mol. The molecular formula is C13H11ClN2O3. The van der Waals surface area contributed by atoms with Crippen molar-refractivity contribution in [2.45, 2.75) is 13.8 Å². The molecule has 0 fully saturated rings. The van der Waals surface area contributed by atoms with Gasteiger partial charge in [0.25, 0.3) is 5.69 Å². The maximum absolute atomic E-state index is 10.9. The molecule has 0 saturated heterocycles. The summed E-state index contributed by atoms with van der Waals surface area (Å²) >= 11 is 5.76. The molecule has 0 radical (unpaired) electrons. The third-order valence-electron chi connectivity index (χ3n) is 2.59. The molecule has 0 aliphatic heterocycles. The van der Waals surface area contributed by atoms with Crippen LogP contribution in [0.5, 0.6) is 11.6 Å². The number of hydrogen-bond acceptors (Lipinski definition) is 4. The predicted molar refractivity (Wildman–Crippen MR) is 71.9 cm³/mol. The van der Waals surface area contributed by atoms with Crippen molar-refractivity contribution in [3.8, 4) is 11.6 Å². The highest BCUT2D eigenvalue weighted by atomic mass is 35.5. The number of benzene rings is 1. The number of halogens is 1. The minimum atomic E-state index is -0.437. The lowest BCUT2D eigenvalue weighted by atomic mass is 10.1. The Balaban J connectivity index is 2.40. The summed E-state index contributed by atoms with van der Waals surface area (Å²) < 4.78 is 5.54. The first kappa shape index (κ1) is 13.3. The molecule has 1 heterocycles. The van der Waals surface area contributed by atoms with E-state index in [9.17, 15) is 10.1 Å². The van der Waals surface area contributed by atoms with E-state index in [1.165, 1.54) is 6.07 Å². The third-order valence-corrected chi connectivity index (χ3v) is 2.80. The summed E-state index contributed by atoms with van der Waals surface area (Å²) in [5, 5.41) is 11.2. The van der Waals surface area contributed by atoms with Gasteiger partial charge in [-0.2, -0.15) is 0 Å². The number of hydrogen-bond donors (Lipinski definition) is 0. The summed E-state index contributed by atoms with van der Waals surface area (Å²) in [5.74, 6) is 0.695. The molecule has 1 aromatic carbocycles. The van der Waals surface area contributed by atoms with Crippen molar-refractivity contribution in [2.24, 2.45) is 0 Å². The molecule has 0 saturated carbocycles. The van der Waals surface area contributed by atoms with Gasteiger partial charge in [-0.15, -0.1) is 0 Å². The van der Waals surface area contributed by atoms with Crippen LogP contribution in [-0.2, 0) is 0 Å². The second-order valence-corrected chi connectivity index (χ2v) is 4.45. The zero-order valence-corrected chi connectivity index (χ0v) is 11.1. The zero-order valence-electron chi connectivity index (χ0n) is 10.4. The Morgan fingerprint density at radius 3 is 2.63 bits per heavy atom. The number of ether oxygens (including phenoxy) is 1. The summed E-state index contributed by atoms with van der Waals surface area (Å²) in [5.41, 5.74) is 1.40. The minimum Gasteiger partial charge on any atom is -0.438 e. The second-order valence-electron chi connectivity index (χ2n) is 4.06. The highest BCUT2D eigenvalue weighted by Crippen LogP contribution is 2.31. The maximum Gasteiger partial charge on any atom is 0.276 e. The third kappa shape index (κ3) is 3.00. The highest BCUT2D eigenvalue weighted by molar-refractivity contribution is 6.29. The van der Waals surface area contributed by atoms with E-state index in [2.05, 4.69) is 4.98 Å². The summed E-state index contributed by atoms with van der Waals surface area (Å²) in [7, 11) is 0. The molecule has 2 rings (SSSR count). The monoisotopic (exact) mass is 278 g/mol. The molecule has 5 nitrogen and oxygen atoms in total. The summed E-state index contributed by atoms with van der Waals surface area (Å²) in [6, 6.07) is 8.06. The molecule has 0 spiro atoms. The van der Waals surface area contributed by atoms with Crippen LogP contribution in [0.15, 0.2) is 30.3 Å². The van der Waals surface area contributed by atoms with Crippen LogP contribution in [0.25, 0.3) is 0 Å². The molecule has 0 aliphatic carbocycles. The van der Waals surface area contributed by atoms with Gasteiger partial charge in [-0.3, -0.25) is 10.1 Å². The van der Waals surface area contributed by atoms with E-state index in [4.69, 9.17) is 16.3 Å². The molecule has 98 valence electrons. The van der Waals surface area contributed by atoms with Crippen molar-refractivity contribution < 1.29 is 9.66 Å². The summed E-state index contributed by atoms with van der Waals surface area (Å²) in [6.45, 7) is 3.50. The quantitative estimate of drug-likeness (QED) is 0.482. The van der Waals surface area contributed by atoms with Crippen molar-refractivity contribution in [1.82, 2.24) is 4.98 Å². The lowest BCUT2D eigenvalue weighted by molar-refractivity contribution is -0.385. The van der Waals surface area contributed by atoms with Crippen LogP contribution in [0.4, 0.5) is 5.69 Å². The van der Waals surface area contributed by atoms with Crippen LogP contribution in [0.3, 0.4) is 0 Å². The predicted octanol–water partition coefficient (Wildman–Crippen LogP) is 4.05. The Morgan fingerprint density at radius 1 is 1.26 bits per heavy atom. The van der Waals surface area contributed by atoms with Crippen molar-refractivity contribution in [3.63, 3.8) is 0 Å². The summed E-state index contributed by atoms with van der Waals surface area (Å²) in [4.78, 5) is 14.4. The summed E-state index contributed by atoms with van der Waals surface area (Å²) in [6.07, 6.45) is 0. The van der Waals surface area contributed by atoms with Crippen molar-refractivity contribution in [3.05, 3.63) is 56.7 Å². The van der Waals surface area contributed by atoms with Crippen LogP contribution in [0.2, 0.25) is 5.15 Å². The molecule has 0 bridgehead atoms. The molecule has 0 amide bonds. The largest absolute Gasteiger partial charge is 0.438 e. The number of aryl methyl sites for hydroxylation is 2. The molecular weight excluding hydrogens is 268 g/mol. The van der Waals surface area contributed by atoms with Crippen molar-refractivity contribution in [1.29, 1.82) is 0 Å². The number of nitrogens with zero attached hydrogens (tertiary/aromatic N) is 2. The molecule has 1 aromatic heterocycles. The van der Waals surface area contributed by atoms with Crippen LogP contribution >= 0.6 is 11.6 Å². The lowest BCUT2D eigenvalue weighted by Crippen LogP contribution is -1.96. The van der Waals surface area contributed by atoms with E-state index in [1.807, 2.05) is 6.92 Å². The number of aromatic nitrogens is 1. The van der Waals surface area contributed by atoms with E-state index in [0.717, 1.165) is 5.56 Å². The Labute approximate surface area is 115 Å². The number of nitro groups is 1. The standard InChI is InChI=1S/C13H11ClN2O3/c1-8-6-9(2)11(7-10(8)16(17)18)19-13-5-3-4-12(14)15-13/h3-7H,1-2H3. The number of nitro benzene ring substituents is 1. The first-order valence-electron chi connectivity index (χ1n) is 5.53. The lowest BCUT2D eigenvalue weighted by Gasteiger charge is -2.09. The first-order chi connectivity index (χ1) is 8.97. The highest BCUT2D eigenvalue weighted by Gasteiger charge is 2.15. The number of pyridine rings is 1. The Bertz CT molecular complexity index is 644. The van der Waals surface area contributed by atoms with Gasteiger partial charge >= 0.3 is 0 Å². The fraction of sp³-hybridized carbons (Fsp3) is 0.154. The zero-order chi connectivity index (χ0) is 14.0. The van der Waals surface area contributed by atoms with E-state index in [1.54, 1.807) is 31.2 Å². The van der Waals surface area contributed by atoms with Gasteiger partial charge < -0.3 is 4.74 Å². The van der Waals surface area contributed by atoms with E-state index in [-0.39, 0.29) is 5.69 Å². The van der Waals surface area contributed by atoms with E-state index < -0.39 is 4.92 Å². The van der Waals surface area contributed by atoms with Gasteiger partial charge in [0, 0.05) is 11.6 Å². The van der Waals surface area contributed by atoms with Gasteiger partial charge in [0.15, 0.2) is 0 Å².